The van der Waals surface area contributed by atoms with Crippen LogP contribution in [0.5, 0.6) is 0 Å². The van der Waals surface area contributed by atoms with Crippen LogP contribution in [0.1, 0.15) is 35.7 Å². The predicted octanol–water partition coefficient (Wildman–Crippen LogP) is 4.47. The molecule has 5 rings (SSSR count). The Balaban J connectivity index is 1.30. The SMILES string of the molecule is CC1(NC(=O)c2ccc3c(=O)c4ccccc4[nH]c3c2)CCN(Cc2ccccc2)CC1. The fourth-order valence-electron chi connectivity index (χ4n) is 4.58. The third-order valence-corrected chi connectivity index (χ3v) is 6.59. The first-order valence-corrected chi connectivity index (χ1v) is 11.1. The van der Waals surface area contributed by atoms with E-state index >= 15 is 0 Å². The highest BCUT2D eigenvalue weighted by Gasteiger charge is 2.31. The molecule has 162 valence electrons. The lowest BCUT2D eigenvalue weighted by Gasteiger charge is -2.40. The minimum Gasteiger partial charge on any atom is -0.354 e. The topological polar surface area (TPSA) is 65.2 Å². The molecule has 1 amide bonds. The molecule has 1 aromatic heterocycles. The standard InChI is InChI=1S/C27H27N3O2/c1-27(13-15-30(16-14-27)18-19-7-3-2-4-8-19)29-26(32)20-11-12-22-24(17-20)28-23-10-6-5-9-21(23)25(22)31/h2-12,17H,13-16,18H2,1H3,(H,28,31)(H,29,32). The van der Waals surface area contributed by atoms with Crippen molar-refractivity contribution in [1.82, 2.24) is 15.2 Å². The molecule has 0 saturated carbocycles. The third kappa shape index (κ3) is 4.04. The zero-order valence-corrected chi connectivity index (χ0v) is 18.2. The summed E-state index contributed by atoms with van der Waals surface area (Å²) >= 11 is 0. The largest absolute Gasteiger partial charge is 0.354 e. The number of aromatic amines is 1. The highest BCUT2D eigenvalue weighted by atomic mass is 16.1. The number of nitrogens with one attached hydrogen (secondary N) is 2. The van der Waals surface area contributed by atoms with Crippen molar-refractivity contribution in [2.75, 3.05) is 13.1 Å². The first kappa shape index (κ1) is 20.5. The summed E-state index contributed by atoms with van der Waals surface area (Å²) < 4.78 is 0. The molecule has 0 bridgehead atoms. The minimum atomic E-state index is -0.240. The Bertz CT molecular complexity index is 1340. The summed E-state index contributed by atoms with van der Waals surface area (Å²) in [6.45, 7) is 4.96. The Labute approximate surface area is 187 Å². The number of aromatic nitrogens is 1. The van der Waals surface area contributed by atoms with E-state index in [0.717, 1.165) is 38.0 Å². The van der Waals surface area contributed by atoms with E-state index in [2.05, 4.69) is 46.4 Å². The molecule has 1 saturated heterocycles. The lowest BCUT2D eigenvalue weighted by atomic mass is 9.89. The number of likely N-dealkylation sites (tertiary alicyclic amines) is 1. The molecule has 3 aromatic carbocycles. The molecule has 1 aliphatic rings. The number of hydrogen-bond donors (Lipinski definition) is 2. The van der Waals surface area contributed by atoms with Crippen LogP contribution in [0.15, 0.2) is 77.6 Å². The molecule has 0 radical (unpaired) electrons. The van der Waals surface area contributed by atoms with Gasteiger partial charge in [-0.2, -0.15) is 0 Å². The van der Waals surface area contributed by atoms with E-state index in [-0.39, 0.29) is 16.9 Å². The number of nitrogens with zero attached hydrogens (tertiary/aromatic N) is 1. The molecule has 2 heterocycles. The Morgan fingerprint density at radius 3 is 2.41 bits per heavy atom. The van der Waals surface area contributed by atoms with Crippen molar-refractivity contribution in [3.05, 3.63) is 94.1 Å². The van der Waals surface area contributed by atoms with Crippen molar-refractivity contribution in [3.8, 4) is 0 Å². The summed E-state index contributed by atoms with van der Waals surface area (Å²) in [7, 11) is 0. The van der Waals surface area contributed by atoms with E-state index < -0.39 is 0 Å². The summed E-state index contributed by atoms with van der Waals surface area (Å²) in [6.07, 6.45) is 1.81. The molecule has 1 fully saturated rings. The van der Waals surface area contributed by atoms with Crippen LogP contribution in [0.3, 0.4) is 0 Å². The molecule has 0 atom stereocenters. The highest BCUT2D eigenvalue weighted by Crippen LogP contribution is 2.24. The predicted molar refractivity (Wildman–Crippen MR) is 129 cm³/mol. The third-order valence-electron chi connectivity index (χ3n) is 6.59. The Morgan fingerprint density at radius 2 is 1.62 bits per heavy atom. The van der Waals surface area contributed by atoms with Crippen LogP contribution in [0.2, 0.25) is 0 Å². The maximum absolute atomic E-state index is 13.1. The van der Waals surface area contributed by atoms with Crippen LogP contribution in [0, 0.1) is 0 Å². The van der Waals surface area contributed by atoms with E-state index in [1.165, 1.54) is 5.56 Å². The number of fused-ring (bicyclic) bond motifs is 2. The number of pyridine rings is 1. The second kappa shape index (κ2) is 8.24. The fourth-order valence-corrected chi connectivity index (χ4v) is 4.58. The fraction of sp³-hybridized carbons (Fsp3) is 0.259. The monoisotopic (exact) mass is 425 g/mol. The summed E-state index contributed by atoms with van der Waals surface area (Å²) in [6, 6.07) is 23.2. The van der Waals surface area contributed by atoms with Crippen LogP contribution in [-0.2, 0) is 6.54 Å². The van der Waals surface area contributed by atoms with Gasteiger partial charge >= 0.3 is 0 Å². The number of benzene rings is 3. The van der Waals surface area contributed by atoms with E-state index in [9.17, 15) is 9.59 Å². The molecule has 4 aromatic rings. The van der Waals surface area contributed by atoms with Crippen molar-refractivity contribution in [2.24, 2.45) is 0 Å². The normalized spacial score (nSPS) is 16.3. The van der Waals surface area contributed by atoms with Crippen molar-refractivity contribution >= 4 is 27.7 Å². The quantitative estimate of drug-likeness (QED) is 0.474. The highest BCUT2D eigenvalue weighted by molar-refractivity contribution is 6.00. The molecule has 2 N–H and O–H groups in total. The second-order valence-electron chi connectivity index (χ2n) is 9.04. The van der Waals surface area contributed by atoms with Crippen molar-refractivity contribution < 1.29 is 4.79 Å². The lowest BCUT2D eigenvalue weighted by molar-refractivity contribution is 0.0828. The molecule has 0 unspecified atom stereocenters. The van der Waals surface area contributed by atoms with Crippen LogP contribution >= 0.6 is 0 Å². The summed E-state index contributed by atoms with van der Waals surface area (Å²) in [4.78, 5) is 31.6. The molecular formula is C27H27N3O2. The number of H-pyrrole nitrogens is 1. The smallest absolute Gasteiger partial charge is 0.251 e. The first-order valence-electron chi connectivity index (χ1n) is 11.1. The Hall–Kier alpha value is -3.44. The molecular weight excluding hydrogens is 398 g/mol. The van der Waals surface area contributed by atoms with Gasteiger partial charge in [-0.1, -0.05) is 42.5 Å². The number of piperidine rings is 1. The number of carbonyl (C=O) groups is 1. The maximum atomic E-state index is 13.1. The number of para-hydroxylation sites is 1. The van der Waals surface area contributed by atoms with Gasteiger partial charge in [0.05, 0.1) is 5.52 Å². The van der Waals surface area contributed by atoms with Gasteiger partial charge in [0.1, 0.15) is 0 Å². The number of hydrogen-bond acceptors (Lipinski definition) is 3. The molecule has 32 heavy (non-hydrogen) atoms. The van der Waals surface area contributed by atoms with E-state index in [0.29, 0.717) is 21.9 Å². The minimum absolute atomic E-state index is 0.0148. The number of amides is 1. The molecule has 0 aliphatic carbocycles. The zero-order chi connectivity index (χ0) is 22.1. The second-order valence-corrected chi connectivity index (χ2v) is 9.04. The molecule has 1 aliphatic heterocycles. The zero-order valence-electron chi connectivity index (χ0n) is 18.2. The lowest BCUT2D eigenvalue weighted by Crippen LogP contribution is -2.53. The van der Waals surface area contributed by atoms with Gasteiger partial charge in [0.2, 0.25) is 0 Å². The number of rotatable bonds is 4. The van der Waals surface area contributed by atoms with Gasteiger partial charge in [0.25, 0.3) is 5.91 Å². The van der Waals surface area contributed by atoms with E-state index in [4.69, 9.17) is 0 Å². The van der Waals surface area contributed by atoms with E-state index in [1.54, 1.807) is 18.2 Å². The Kier molecular flexibility index (Phi) is 5.27. The van der Waals surface area contributed by atoms with Gasteiger partial charge < -0.3 is 10.3 Å². The van der Waals surface area contributed by atoms with Crippen molar-refractivity contribution in [1.29, 1.82) is 0 Å². The van der Waals surface area contributed by atoms with Crippen LogP contribution in [-0.4, -0.2) is 34.4 Å². The van der Waals surface area contributed by atoms with Crippen LogP contribution in [0.4, 0.5) is 0 Å². The van der Waals surface area contributed by atoms with Crippen molar-refractivity contribution in [2.45, 2.75) is 31.8 Å². The van der Waals surface area contributed by atoms with E-state index in [1.807, 2.05) is 30.3 Å². The molecule has 5 heteroatoms. The number of carbonyl (C=O) groups excluding carboxylic acids is 1. The average Bonchev–Trinajstić information content (AvgIpc) is 2.81. The molecule has 0 spiro atoms. The van der Waals surface area contributed by atoms with Crippen LogP contribution < -0.4 is 10.7 Å². The van der Waals surface area contributed by atoms with Gasteiger partial charge in [0.15, 0.2) is 5.43 Å². The summed E-state index contributed by atoms with van der Waals surface area (Å²) in [5, 5.41) is 4.51. The van der Waals surface area contributed by atoms with Gasteiger partial charge in [-0.05, 0) is 55.7 Å². The Morgan fingerprint density at radius 1 is 0.938 bits per heavy atom. The van der Waals surface area contributed by atoms with Crippen LogP contribution in [0.25, 0.3) is 21.8 Å². The van der Waals surface area contributed by atoms with Gasteiger partial charge in [-0.25, -0.2) is 0 Å². The van der Waals surface area contributed by atoms with Gasteiger partial charge in [0, 0.05) is 47.0 Å². The first-order chi connectivity index (χ1) is 15.5. The summed E-state index contributed by atoms with van der Waals surface area (Å²) in [5.74, 6) is -0.0973. The van der Waals surface area contributed by atoms with Gasteiger partial charge in [-0.15, -0.1) is 0 Å². The molecule has 5 nitrogen and oxygen atoms in total. The van der Waals surface area contributed by atoms with Crippen molar-refractivity contribution in [3.63, 3.8) is 0 Å². The van der Waals surface area contributed by atoms with Gasteiger partial charge in [-0.3, -0.25) is 14.5 Å². The average molecular weight is 426 g/mol. The maximum Gasteiger partial charge on any atom is 0.251 e. The summed E-state index contributed by atoms with van der Waals surface area (Å²) in [5.41, 5.74) is 3.09.